The monoisotopic (exact) mass is 345 g/mol. The van der Waals surface area contributed by atoms with Gasteiger partial charge in [0.15, 0.2) is 0 Å². The van der Waals surface area contributed by atoms with E-state index in [4.69, 9.17) is 11.6 Å². The van der Waals surface area contributed by atoms with E-state index in [0.29, 0.717) is 18.9 Å². The van der Waals surface area contributed by atoms with Crippen molar-refractivity contribution >= 4 is 21.6 Å². The van der Waals surface area contributed by atoms with Crippen LogP contribution in [0.3, 0.4) is 0 Å². The highest BCUT2D eigenvalue weighted by Crippen LogP contribution is 2.35. The van der Waals surface area contributed by atoms with Crippen molar-refractivity contribution in [1.29, 1.82) is 0 Å². The number of benzene rings is 1. The summed E-state index contributed by atoms with van der Waals surface area (Å²) in [5.74, 6) is 0. The normalized spacial score (nSPS) is 14.2. The molecule has 0 fully saturated rings. The van der Waals surface area contributed by atoms with E-state index in [0.717, 1.165) is 12.1 Å². The summed E-state index contributed by atoms with van der Waals surface area (Å²) in [5, 5.41) is 8.88. The van der Waals surface area contributed by atoms with Crippen LogP contribution in [0.25, 0.3) is 0 Å². The van der Waals surface area contributed by atoms with Gasteiger partial charge in [-0.2, -0.15) is 13.2 Å². The van der Waals surface area contributed by atoms with Crippen LogP contribution >= 0.6 is 11.6 Å². The Labute approximate surface area is 126 Å². The van der Waals surface area contributed by atoms with Crippen molar-refractivity contribution in [2.45, 2.75) is 36.9 Å². The molecule has 0 aliphatic carbocycles. The lowest BCUT2D eigenvalue weighted by Crippen LogP contribution is -2.32. The van der Waals surface area contributed by atoms with Crippen LogP contribution in [0, 0.1) is 0 Å². The fraction of sp³-hybridized carbons (Fsp3) is 0.500. The first-order valence-electron chi connectivity index (χ1n) is 6.12. The van der Waals surface area contributed by atoms with Gasteiger partial charge in [-0.15, -0.1) is 0 Å². The Kier molecular flexibility index (Phi) is 6.03. The average Bonchev–Trinajstić information content (AvgIpc) is 2.36. The fourth-order valence-corrected chi connectivity index (χ4v) is 2.94. The number of aliphatic hydroxyl groups excluding tert-OH is 1. The van der Waals surface area contributed by atoms with Crippen LogP contribution in [-0.2, 0) is 16.2 Å². The largest absolute Gasteiger partial charge is 0.417 e. The molecule has 1 rings (SSSR count). The Balaban J connectivity index is 2.99. The lowest BCUT2D eigenvalue weighted by molar-refractivity contribution is -0.137. The smallest absolute Gasteiger partial charge is 0.392 e. The summed E-state index contributed by atoms with van der Waals surface area (Å²) < 4.78 is 63.9. The van der Waals surface area contributed by atoms with E-state index in [2.05, 4.69) is 4.72 Å². The molecule has 0 saturated heterocycles. The van der Waals surface area contributed by atoms with Crippen molar-refractivity contribution in [3.8, 4) is 0 Å². The van der Waals surface area contributed by atoms with Gasteiger partial charge in [-0.05, 0) is 24.6 Å². The molecule has 1 aromatic carbocycles. The van der Waals surface area contributed by atoms with Crippen LogP contribution in [-0.4, -0.2) is 26.2 Å². The van der Waals surface area contributed by atoms with Crippen LogP contribution in [0.5, 0.6) is 0 Å². The second-order valence-electron chi connectivity index (χ2n) is 4.43. The molecule has 0 spiro atoms. The number of hydrogen-bond acceptors (Lipinski definition) is 3. The molecule has 9 heteroatoms. The van der Waals surface area contributed by atoms with Crippen LogP contribution < -0.4 is 4.72 Å². The van der Waals surface area contributed by atoms with E-state index in [9.17, 15) is 26.7 Å². The molecule has 4 nitrogen and oxygen atoms in total. The molecule has 1 unspecified atom stereocenters. The van der Waals surface area contributed by atoms with E-state index < -0.39 is 37.8 Å². The highest BCUT2D eigenvalue weighted by molar-refractivity contribution is 7.89. The third kappa shape index (κ3) is 5.14. The van der Waals surface area contributed by atoms with E-state index in [1.54, 1.807) is 0 Å². The molecule has 0 aliphatic rings. The number of nitrogens with one attached hydrogen (secondary N) is 1. The zero-order valence-electron chi connectivity index (χ0n) is 11.1. The third-order valence-electron chi connectivity index (χ3n) is 2.68. The Morgan fingerprint density at radius 2 is 2.00 bits per heavy atom. The Morgan fingerprint density at radius 1 is 1.38 bits per heavy atom. The number of alkyl halides is 3. The molecule has 0 aromatic heterocycles. The molecule has 1 atom stereocenters. The lowest BCUT2D eigenvalue weighted by atomic mass is 10.2. The quantitative estimate of drug-likeness (QED) is 0.833. The first kappa shape index (κ1) is 18.2. The van der Waals surface area contributed by atoms with Gasteiger partial charge < -0.3 is 5.11 Å². The first-order chi connectivity index (χ1) is 9.58. The van der Waals surface area contributed by atoms with Gasteiger partial charge in [0.1, 0.15) is 0 Å². The average molecular weight is 346 g/mol. The fourth-order valence-electron chi connectivity index (χ4n) is 1.61. The van der Waals surface area contributed by atoms with Crippen molar-refractivity contribution in [3.63, 3.8) is 0 Å². The van der Waals surface area contributed by atoms with E-state index >= 15 is 0 Å². The summed E-state index contributed by atoms with van der Waals surface area (Å²) in [6.07, 6.45) is -4.59. The molecule has 120 valence electrons. The minimum absolute atomic E-state index is 0.264. The second-order valence-corrected chi connectivity index (χ2v) is 6.61. The van der Waals surface area contributed by atoms with Crippen molar-refractivity contribution in [2.24, 2.45) is 0 Å². The molecule has 0 heterocycles. The molecule has 21 heavy (non-hydrogen) atoms. The summed E-state index contributed by atoms with van der Waals surface area (Å²) in [6, 6.07) is 2.32. The zero-order chi connectivity index (χ0) is 16.3. The predicted molar refractivity (Wildman–Crippen MR) is 72.6 cm³/mol. The molecule has 0 aliphatic heterocycles. The molecular weight excluding hydrogens is 331 g/mol. The minimum Gasteiger partial charge on any atom is -0.392 e. The number of hydrogen-bond donors (Lipinski definition) is 2. The first-order valence-corrected chi connectivity index (χ1v) is 7.98. The maximum Gasteiger partial charge on any atom is 0.417 e. The minimum atomic E-state index is -4.75. The number of rotatable bonds is 6. The molecule has 0 amide bonds. The zero-order valence-corrected chi connectivity index (χ0v) is 12.7. The van der Waals surface area contributed by atoms with E-state index in [1.807, 2.05) is 6.92 Å². The molecule has 0 saturated carbocycles. The topological polar surface area (TPSA) is 66.4 Å². The van der Waals surface area contributed by atoms with Crippen LogP contribution in [0.1, 0.15) is 25.3 Å². The highest BCUT2D eigenvalue weighted by atomic mass is 35.5. The maximum atomic E-state index is 12.7. The van der Waals surface area contributed by atoms with Gasteiger partial charge >= 0.3 is 6.18 Å². The molecular formula is C12H15ClF3NO3S. The number of sulfonamides is 1. The van der Waals surface area contributed by atoms with Gasteiger partial charge in [0.25, 0.3) is 0 Å². The SMILES string of the molecule is CCCC(O)CNS(=O)(=O)c1ccc(Cl)c(C(F)(F)F)c1. The van der Waals surface area contributed by atoms with Crippen molar-refractivity contribution in [3.05, 3.63) is 28.8 Å². The standard InChI is InChI=1S/C12H15ClF3NO3S/c1-2-3-8(18)7-17-21(19,20)9-4-5-11(13)10(6-9)12(14,15)16/h4-6,8,17-18H,2-3,7H2,1H3. The van der Waals surface area contributed by atoms with Crippen LogP contribution in [0.15, 0.2) is 23.1 Å². The van der Waals surface area contributed by atoms with E-state index in [1.165, 1.54) is 0 Å². The van der Waals surface area contributed by atoms with Crippen molar-refractivity contribution in [1.82, 2.24) is 4.72 Å². The summed E-state index contributed by atoms with van der Waals surface area (Å²) in [7, 11) is -4.14. The predicted octanol–water partition coefficient (Wildman–Crippen LogP) is 2.80. The number of halogens is 4. The highest BCUT2D eigenvalue weighted by Gasteiger charge is 2.34. The summed E-state index contributed by atoms with van der Waals surface area (Å²) in [4.78, 5) is -0.553. The maximum absolute atomic E-state index is 12.7. The summed E-state index contributed by atoms with van der Waals surface area (Å²) >= 11 is 5.42. The van der Waals surface area contributed by atoms with Crippen LogP contribution in [0.4, 0.5) is 13.2 Å². The van der Waals surface area contributed by atoms with Gasteiger partial charge in [-0.1, -0.05) is 24.9 Å². The van der Waals surface area contributed by atoms with Crippen LogP contribution in [0.2, 0.25) is 5.02 Å². The summed E-state index contributed by atoms with van der Waals surface area (Å²) in [5.41, 5.74) is -1.22. The second kappa shape index (κ2) is 6.95. The third-order valence-corrected chi connectivity index (χ3v) is 4.44. The van der Waals surface area contributed by atoms with Crippen molar-refractivity contribution in [2.75, 3.05) is 6.54 Å². The van der Waals surface area contributed by atoms with Gasteiger partial charge in [0, 0.05) is 6.54 Å². The molecule has 1 aromatic rings. The lowest BCUT2D eigenvalue weighted by Gasteiger charge is -2.13. The molecule has 2 N–H and O–H groups in total. The Morgan fingerprint density at radius 3 is 2.52 bits per heavy atom. The van der Waals surface area contributed by atoms with Gasteiger partial charge in [0.05, 0.1) is 21.6 Å². The number of aliphatic hydroxyl groups is 1. The Hall–Kier alpha value is -0.830. The Bertz CT molecular complexity index is 590. The molecule has 0 bridgehead atoms. The van der Waals surface area contributed by atoms with Crippen molar-refractivity contribution < 1.29 is 26.7 Å². The van der Waals surface area contributed by atoms with Gasteiger partial charge in [-0.25, -0.2) is 13.1 Å². The van der Waals surface area contributed by atoms with E-state index in [-0.39, 0.29) is 6.54 Å². The van der Waals surface area contributed by atoms with Gasteiger partial charge in [0.2, 0.25) is 10.0 Å². The van der Waals surface area contributed by atoms with Gasteiger partial charge in [-0.3, -0.25) is 0 Å². The molecule has 0 radical (unpaired) electrons. The summed E-state index contributed by atoms with van der Waals surface area (Å²) in [6.45, 7) is 1.55.